The summed E-state index contributed by atoms with van der Waals surface area (Å²) < 4.78 is 18.8. The van der Waals surface area contributed by atoms with Crippen molar-refractivity contribution in [2.45, 2.75) is 26.3 Å². The van der Waals surface area contributed by atoms with Gasteiger partial charge < -0.3 is 15.0 Å². The lowest BCUT2D eigenvalue weighted by atomic mass is 10.3. The fourth-order valence-electron chi connectivity index (χ4n) is 1.49. The fraction of sp³-hybridized carbons (Fsp3) is 0.667. The number of anilines is 2. The van der Waals surface area contributed by atoms with E-state index < -0.39 is 5.82 Å². The van der Waals surface area contributed by atoms with Gasteiger partial charge in [-0.2, -0.15) is 4.98 Å². The van der Waals surface area contributed by atoms with Crippen LogP contribution >= 0.6 is 0 Å². The highest BCUT2D eigenvalue weighted by Gasteiger charge is 2.16. The van der Waals surface area contributed by atoms with Crippen LogP contribution in [-0.2, 0) is 4.74 Å². The maximum absolute atomic E-state index is 13.7. The third kappa shape index (κ3) is 3.80. The van der Waals surface area contributed by atoms with E-state index in [-0.39, 0.29) is 11.9 Å². The van der Waals surface area contributed by atoms with Crippen molar-refractivity contribution in [2.75, 3.05) is 37.5 Å². The molecule has 0 spiro atoms. The Kier molecular flexibility index (Phi) is 5.77. The van der Waals surface area contributed by atoms with E-state index in [0.717, 1.165) is 13.0 Å². The third-order valence-electron chi connectivity index (χ3n) is 2.66. The lowest BCUT2D eigenvalue weighted by molar-refractivity contribution is 0.183. The van der Waals surface area contributed by atoms with Gasteiger partial charge in [0.15, 0.2) is 11.6 Å². The Bertz CT molecular complexity index is 375. The summed E-state index contributed by atoms with van der Waals surface area (Å²) in [5.41, 5.74) is 0. The Morgan fingerprint density at radius 3 is 2.89 bits per heavy atom. The van der Waals surface area contributed by atoms with Gasteiger partial charge in [-0.1, -0.05) is 6.92 Å². The van der Waals surface area contributed by atoms with Crippen molar-refractivity contribution in [3.63, 3.8) is 0 Å². The molecule has 0 saturated carbocycles. The minimum absolute atomic E-state index is 0.0402. The van der Waals surface area contributed by atoms with Gasteiger partial charge in [0.1, 0.15) is 0 Å². The molecule has 1 N–H and O–H groups in total. The van der Waals surface area contributed by atoms with Crippen LogP contribution in [0.25, 0.3) is 0 Å². The minimum atomic E-state index is -0.428. The first-order valence-electron chi connectivity index (χ1n) is 6.08. The van der Waals surface area contributed by atoms with Crippen LogP contribution in [0, 0.1) is 5.82 Å². The molecule has 0 aliphatic rings. The number of aromatic nitrogens is 2. The minimum Gasteiger partial charge on any atom is -0.383 e. The van der Waals surface area contributed by atoms with E-state index in [1.165, 1.54) is 6.20 Å². The first-order valence-corrected chi connectivity index (χ1v) is 6.08. The van der Waals surface area contributed by atoms with Crippen LogP contribution in [0.5, 0.6) is 0 Å². The molecule has 6 heteroatoms. The smallest absolute Gasteiger partial charge is 0.224 e. The number of likely N-dealkylation sites (N-methyl/N-ethyl adjacent to an activating group) is 1. The summed E-state index contributed by atoms with van der Waals surface area (Å²) in [6, 6.07) is 0.0402. The van der Waals surface area contributed by atoms with Gasteiger partial charge in [0.05, 0.1) is 18.8 Å². The summed E-state index contributed by atoms with van der Waals surface area (Å²) in [6.45, 7) is 5.27. The SMILES string of the molecule is CCCNc1ncc(F)c(N(C)C(C)COC)n1. The van der Waals surface area contributed by atoms with Gasteiger partial charge in [-0.25, -0.2) is 9.37 Å². The van der Waals surface area contributed by atoms with Crippen molar-refractivity contribution in [3.8, 4) is 0 Å². The Balaban J connectivity index is 2.85. The average molecular weight is 256 g/mol. The van der Waals surface area contributed by atoms with E-state index >= 15 is 0 Å². The van der Waals surface area contributed by atoms with E-state index in [0.29, 0.717) is 12.6 Å². The van der Waals surface area contributed by atoms with Crippen LogP contribution in [0.3, 0.4) is 0 Å². The van der Waals surface area contributed by atoms with Gasteiger partial charge in [0, 0.05) is 20.7 Å². The second kappa shape index (κ2) is 7.10. The van der Waals surface area contributed by atoms with Gasteiger partial charge in [0.25, 0.3) is 0 Å². The van der Waals surface area contributed by atoms with Crippen LogP contribution in [0.15, 0.2) is 6.20 Å². The zero-order valence-corrected chi connectivity index (χ0v) is 11.4. The van der Waals surface area contributed by atoms with Crippen molar-refractivity contribution in [2.24, 2.45) is 0 Å². The van der Waals surface area contributed by atoms with E-state index in [4.69, 9.17) is 4.74 Å². The normalized spacial score (nSPS) is 12.3. The van der Waals surface area contributed by atoms with E-state index in [1.54, 1.807) is 19.1 Å². The predicted molar refractivity (Wildman–Crippen MR) is 70.5 cm³/mol. The Morgan fingerprint density at radius 2 is 2.28 bits per heavy atom. The molecule has 1 heterocycles. The Hall–Kier alpha value is -1.43. The molecule has 1 rings (SSSR count). The maximum Gasteiger partial charge on any atom is 0.224 e. The lowest BCUT2D eigenvalue weighted by Crippen LogP contribution is -2.34. The van der Waals surface area contributed by atoms with Crippen molar-refractivity contribution >= 4 is 11.8 Å². The van der Waals surface area contributed by atoms with Gasteiger partial charge in [0.2, 0.25) is 5.95 Å². The first-order chi connectivity index (χ1) is 8.60. The van der Waals surface area contributed by atoms with Crippen LogP contribution in [0.1, 0.15) is 20.3 Å². The summed E-state index contributed by atoms with van der Waals surface area (Å²) in [4.78, 5) is 9.84. The van der Waals surface area contributed by atoms with Crippen molar-refractivity contribution in [1.82, 2.24) is 9.97 Å². The highest BCUT2D eigenvalue weighted by atomic mass is 19.1. The second-order valence-electron chi connectivity index (χ2n) is 4.21. The van der Waals surface area contributed by atoms with Crippen LogP contribution in [0.2, 0.25) is 0 Å². The Morgan fingerprint density at radius 1 is 1.56 bits per heavy atom. The standard InChI is InChI=1S/C12H21FN4O/c1-5-6-14-12-15-7-10(13)11(16-12)17(3)9(2)8-18-4/h7,9H,5-6,8H2,1-4H3,(H,14,15,16). The summed E-state index contributed by atoms with van der Waals surface area (Å²) in [5, 5.41) is 3.04. The largest absolute Gasteiger partial charge is 0.383 e. The van der Waals surface area contributed by atoms with Crippen LogP contribution in [0.4, 0.5) is 16.2 Å². The summed E-state index contributed by atoms with van der Waals surface area (Å²) >= 11 is 0. The Labute approximate surface area is 107 Å². The summed E-state index contributed by atoms with van der Waals surface area (Å²) in [6.07, 6.45) is 2.16. The zero-order chi connectivity index (χ0) is 13.5. The number of hydrogen-bond acceptors (Lipinski definition) is 5. The quantitative estimate of drug-likeness (QED) is 0.807. The number of hydrogen-bond donors (Lipinski definition) is 1. The predicted octanol–water partition coefficient (Wildman–Crippen LogP) is 1.91. The fourth-order valence-corrected chi connectivity index (χ4v) is 1.49. The highest BCUT2D eigenvalue weighted by molar-refractivity contribution is 5.44. The number of methoxy groups -OCH3 is 1. The van der Waals surface area contributed by atoms with Crippen molar-refractivity contribution in [1.29, 1.82) is 0 Å². The van der Waals surface area contributed by atoms with Crippen molar-refractivity contribution < 1.29 is 9.13 Å². The molecule has 1 atom stereocenters. The number of nitrogens with one attached hydrogen (secondary N) is 1. The molecule has 5 nitrogen and oxygen atoms in total. The van der Waals surface area contributed by atoms with Crippen LogP contribution in [-0.4, -0.2) is 43.3 Å². The lowest BCUT2D eigenvalue weighted by Gasteiger charge is -2.25. The van der Waals surface area contributed by atoms with Crippen molar-refractivity contribution in [3.05, 3.63) is 12.0 Å². The number of halogens is 1. The first kappa shape index (κ1) is 14.6. The van der Waals surface area contributed by atoms with Gasteiger partial charge in [-0.15, -0.1) is 0 Å². The number of ether oxygens (including phenoxy) is 1. The molecular formula is C12H21FN4O. The molecule has 18 heavy (non-hydrogen) atoms. The monoisotopic (exact) mass is 256 g/mol. The molecule has 0 aliphatic carbocycles. The molecule has 0 aliphatic heterocycles. The number of nitrogens with zero attached hydrogens (tertiary/aromatic N) is 3. The molecular weight excluding hydrogens is 235 g/mol. The molecule has 0 radical (unpaired) electrons. The maximum atomic E-state index is 13.7. The molecule has 0 amide bonds. The van der Waals surface area contributed by atoms with Gasteiger partial charge in [-0.05, 0) is 13.3 Å². The molecule has 1 aromatic heterocycles. The topological polar surface area (TPSA) is 50.3 Å². The summed E-state index contributed by atoms with van der Waals surface area (Å²) in [7, 11) is 3.41. The molecule has 0 fully saturated rings. The van der Waals surface area contributed by atoms with E-state index in [1.807, 2.05) is 13.8 Å². The zero-order valence-electron chi connectivity index (χ0n) is 11.4. The molecule has 102 valence electrons. The van der Waals surface area contributed by atoms with Crippen LogP contribution < -0.4 is 10.2 Å². The highest BCUT2D eigenvalue weighted by Crippen LogP contribution is 2.18. The molecule has 1 aromatic rings. The third-order valence-corrected chi connectivity index (χ3v) is 2.66. The van der Waals surface area contributed by atoms with Gasteiger partial charge >= 0.3 is 0 Å². The van der Waals surface area contributed by atoms with E-state index in [9.17, 15) is 4.39 Å². The van der Waals surface area contributed by atoms with Gasteiger partial charge in [-0.3, -0.25) is 0 Å². The summed E-state index contributed by atoms with van der Waals surface area (Å²) in [5.74, 6) is 0.306. The molecule has 0 aromatic carbocycles. The molecule has 0 bridgehead atoms. The average Bonchev–Trinajstić information content (AvgIpc) is 2.37. The molecule has 1 unspecified atom stereocenters. The van der Waals surface area contributed by atoms with E-state index in [2.05, 4.69) is 15.3 Å². The molecule has 0 saturated heterocycles. The second-order valence-corrected chi connectivity index (χ2v) is 4.21. The number of rotatable bonds is 7.